The second kappa shape index (κ2) is 6.10. The Morgan fingerprint density at radius 2 is 1.79 bits per heavy atom. The van der Waals surface area contributed by atoms with Crippen molar-refractivity contribution in [1.82, 2.24) is 5.32 Å². The Balaban J connectivity index is 2.97. The van der Waals surface area contributed by atoms with Gasteiger partial charge in [-0.05, 0) is 37.5 Å². The van der Waals surface area contributed by atoms with Crippen molar-refractivity contribution in [1.29, 1.82) is 0 Å². The molecule has 2 N–H and O–H groups in total. The first-order valence-corrected chi connectivity index (χ1v) is 6.18. The monoisotopic (exact) mass is 271 g/mol. The SMILES string of the molecule is Cc1cc(F)c(C(C)NC(C(=O)O)C(C)C)cc1F. The summed E-state index contributed by atoms with van der Waals surface area (Å²) in [6, 6.07) is 0.840. The van der Waals surface area contributed by atoms with Gasteiger partial charge in [-0.2, -0.15) is 0 Å². The van der Waals surface area contributed by atoms with Crippen LogP contribution in [0.15, 0.2) is 12.1 Å². The lowest BCUT2D eigenvalue weighted by Crippen LogP contribution is -2.42. The van der Waals surface area contributed by atoms with Crippen LogP contribution in [0.5, 0.6) is 0 Å². The Morgan fingerprint density at radius 3 is 2.26 bits per heavy atom. The van der Waals surface area contributed by atoms with Gasteiger partial charge in [0.15, 0.2) is 0 Å². The molecule has 1 aromatic carbocycles. The van der Waals surface area contributed by atoms with Crippen LogP contribution in [0.25, 0.3) is 0 Å². The lowest BCUT2D eigenvalue weighted by Gasteiger charge is -2.23. The first kappa shape index (κ1) is 15.6. The van der Waals surface area contributed by atoms with E-state index in [9.17, 15) is 13.6 Å². The number of halogens is 2. The third-order valence-electron chi connectivity index (χ3n) is 3.11. The maximum atomic E-state index is 13.8. The van der Waals surface area contributed by atoms with E-state index in [0.717, 1.165) is 12.1 Å². The Hall–Kier alpha value is -1.49. The maximum Gasteiger partial charge on any atom is 0.320 e. The summed E-state index contributed by atoms with van der Waals surface area (Å²) in [6.07, 6.45) is 0. The second-order valence-electron chi connectivity index (χ2n) is 5.07. The van der Waals surface area contributed by atoms with E-state index in [0.29, 0.717) is 0 Å². The molecule has 0 bridgehead atoms. The van der Waals surface area contributed by atoms with Crippen molar-refractivity contribution in [2.24, 2.45) is 5.92 Å². The fraction of sp³-hybridized carbons (Fsp3) is 0.500. The quantitative estimate of drug-likeness (QED) is 0.865. The van der Waals surface area contributed by atoms with E-state index < -0.39 is 29.7 Å². The van der Waals surface area contributed by atoms with Gasteiger partial charge >= 0.3 is 5.97 Å². The van der Waals surface area contributed by atoms with Gasteiger partial charge in [0.2, 0.25) is 0 Å². The van der Waals surface area contributed by atoms with Crippen molar-refractivity contribution in [3.63, 3.8) is 0 Å². The Kier molecular flexibility index (Phi) is 5.00. The molecule has 1 rings (SSSR count). The minimum Gasteiger partial charge on any atom is -0.480 e. The van der Waals surface area contributed by atoms with Crippen molar-refractivity contribution in [2.45, 2.75) is 39.8 Å². The number of carboxylic acids is 1. The molecule has 0 saturated carbocycles. The number of carbonyl (C=O) groups is 1. The van der Waals surface area contributed by atoms with Crippen molar-refractivity contribution in [3.05, 3.63) is 34.9 Å². The molecule has 0 saturated heterocycles. The van der Waals surface area contributed by atoms with E-state index in [-0.39, 0.29) is 17.0 Å². The average molecular weight is 271 g/mol. The highest BCUT2D eigenvalue weighted by atomic mass is 19.1. The van der Waals surface area contributed by atoms with Crippen LogP contribution in [-0.2, 0) is 4.79 Å². The third-order valence-corrected chi connectivity index (χ3v) is 3.11. The Morgan fingerprint density at radius 1 is 1.21 bits per heavy atom. The van der Waals surface area contributed by atoms with E-state index in [1.807, 2.05) is 0 Å². The number of hydrogen-bond acceptors (Lipinski definition) is 2. The average Bonchev–Trinajstić information content (AvgIpc) is 2.29. The molecule has 0 radical (unpaired) electrons. The first-order valence-electron chi connectivity index (χ1n) is 6.18. The van der Waals surface area contributed by atoms with Gasteiger partial charge in [0.05, 0.1) is 0 Å². The molecule has 0 aliphatic carbocycles. The molecule has 0 aromatic heterocycles. The molecular weight excluding hydrogens is 252 g/mol. The predicted octanol–water partition coefficient (Wildman–Crippen LogP) is 3.03. The van der Waals surface area contributed by atoms with Gasteiger partial charge in [-0.1, -0.05) is 13.8 Å². The van der Waals surface area contributed by atoms with Crippen LogP contribution in [0.3, 0.4) is 0 Å². The van der Waals surface area contributed by atoms with Crippen LogP contribution in [-0.4, -0.2) is 17.1 Å². The van der Waals surface area contributed by atoms with Gasteiger partial charge < -0.3 is 5.11 Å². The zero-order valence-corrected chi connectivity index (χ0v) is 11.5. The van der Waals surface area contributed by atoms with Crippen LogP contribution in [0, 0.1) is 24.5 Å². The fourth-order valence-corrected chi connectivity index (χ4v) is 1.90. The molecule has 3 nitrogen and oxygen atoms in total. The first-order chi connectivity index (χ1) is 8.73. The number of nitrogens with one attached hydrogen (secondary N) is 1. The number of carboxylic acid groups (broad SMARTS) is 1. The molecule has 0 spiro atoms. The van der Waals surface area contributed by atoms with Crippen molar-refractivity contribution >= 4 is 5.97 Å². The minimum atomic E-state index is -1.00. The molecule has 106 valence electrons. The van der Waals surface area contributed by atoms with Gasteiger partial charge in [-0.25, -0.2) is 8.78 Å². The van der Waals surface area contributed by atoms with E-state index in [4.69, 9.17) is 5.11 Å². The second-order valence-corrected chi connectivity index (χ2v) is 5.07. The van der Waals surface area contributed by atoms with Crippen molar-refractivity contribution < 1.29 is 18.7 Å². The van der Waals surface area contributed by atoms with E-state index in [2.05, 4.69) is 5.32 Å². The summed E-state index contributed by atoms with van der Waals surface area (Å²) >= 11 is 0. The summed E-state index contributed by atoms with van der Waals surface area (Å²) in [5.41, 5.74) is 0.363. The smallest absolute Gasteiger partial charge is 0.320 e. The van der Waals surface area contributed by atoms with E-state index >= 15 is 0 Å². The zero-order valence-electron chi connectivity index (χ0n) is 11.5. The lowest BCUT2D eigenvalue weighted by atomic mass is 10.00. The van der Waals surface area contributed by atoms with Gasteiger partial charge in [-0.15, -0.1) is 0 Å². The molecule has 0 aliphatic heterocycles. The number of aliphatic carboxylic acids is 1. The third kappa shape index (κ3) is 3.73. The van der Waals surface area contributed by atoms with E-state index in [1.165, 1.54) is 6.92 Å². The summed E-state index contributed by atoms with van der Waals surface area (Å²) in [7, 11) is 0. The van der Waals surface area contributed by atoms with Crippen LogP contribution < -0.4 is 5.32 Å². The van der Waals surface area contributed by atoms with Gasteiger partial charge in [0.25, 0.3) is 0 Å². The topological polar surface area (TPSA) is 49.3 Å². The lowest BCUT2D eigenvalue weighted by molar-refractivity contribution is -0.140. The normalized spacial score (nSPS) is 14.5. The van der Waals surface area contributed by atoms with Gasteiger partial charge in [0, 0.05) is 11.6 Å². The summed E-state index contributed by atoms with van der Waals surface area (Å²) in [5.74, 6) is -2.19. The Bertz CT molecular complexity index is 475. The van der Waals surface area contributed by atoms with Crippen molar-refractivity contribution in [2.75, 3.05) is 0 Å². The molecule has 0 heterocycles. The van der Waals surface area contributed by atoms with Crippen LogP contribution in [0.4, 0.5) is 8.78 Å². The standard InChI is InChI=1S/C14H19F2NO2/c1-7(2)13(14(18)19)17-9(4)10-6-11(15)8(3)5-12(10)16/h5-7,9,13,17H,1-4H3,(H,18,19). The van der Waals surface area contributed by atoms with Crippen LogP contribution >= 0.6 is 0 Å². The molecule has 0 fully saturated rings. The predicted molar refractivity (Wildman–Crippen MR) is 68.9 cm³/mol. The highest BCUT2D eigenvalue weighted by molar-refractivity contribution is 5.73. The highest BCUT2D eigenvalue weighted by Gasteiger charge is 2.25. The fourth-order valence-electron chi connectivity index (χ4n) is 1.90. The number of rotatable bonds is 5. The molecule has 0 aliphatic rings. The molecule has 5 heteroatoms. The molecule has 0 amide bonds. The molecular formula is C14H19F2NO2. The van der Waals surface area contributed by atoms with Crippen LogP contribution in [0.2, 0.25) is 0 Å². The highest BCUT2D eigenvalue weighted by Crippen LogP contribution is 2.21. The molecule has 2 unspecified atom stereocenters. The van der Waals surface area contributed by atoms with Crippen LogP contribution in [0.1, 0.15) is 37.9 Å². The summed E-state index contributed by atoms with van der Waals surface area (Å²) < 4.78 is 27.2. The summed E-state index contributed by atoms with van der Waals surface area (Å²) in [4.78, 5) is 11.1. The van der Waals surface area contributed by atoms with Gasteiger partial charge in [0.1, 0.15) is 17.7 Å². The van der Waals surface area contributed by atoms with E-state index in [1.54, 1.807) is 20.8 Å². The Labute approximate surface area is 111 Å². The molecule has 19 heavy (non-hydrogen) atoms. The van der Waals surface area contributed by atoms with Gasteiger partial charge in [-0.3, -0.25) is 10.1 Å². The van der Waals surface area contributed by atoms with Crippen molar-refractivity contribution in [3.8, 4) is 0 Å². The molecule has 1 aromatic rings. The largest absolute Gasteiger partial charge is 0.480 e. The molecule has 2 atom stereocenters. The maximum absolute atomic E-state index is 13.8. The number of aryl methyl sites for hydroxylation is 1. The summed E-state index contributed by atoms with van der Waals surface area (Å²) in [5, 5.41) is 11.9. The minimum absolute atomic E-state index is 0.134. The number of hydrogen-bond donors (Lipinski definition) is 2. The zero-order chi connectivity index (χ0) is 14.7. The number of benzene rings is 1. The summed E-state index contributed by atoms with van der Waals surface area (Å²) in [6.45, 7) is 6.61.